The third-order valence-corrected chi connectivity index (χ3v) is 5.87. The highest BCUT2D eigenvalue weighted by molar-refractivity contribution is 7.98. The molecule has 0 spiro atoms. The highest BCUT2D eigenvalue weighted by Crippen LogP contribution is 2.29. The lowest BCUT2D eigenvalue weighted by molar-refractivity contribution is 0.0947. The zero-order valence-electron chi connectivity index (χ0n) is 17.8. The maximum atomic E-state index is 14.6. The van der Waals surface area contributed by atoms with Gasteiger partial charge in [0.05, 0.1) is 18.5 Å². The summed E-state index contributed by atoms with van der Waals surface area (Å²) < 4.78 is 21.6. The van der Waals surface area contributed by atoms with Gasteiger partial charge in [0.1, 0.15) is 17.4 Å². The van der Waals surface area contributed by atoms with Crippen LogP contribution < -0.4 is 5.32 Å². The Balaban J connectivity index is 1.56. The van der Waals surface area contributed by atoms with Gasteiger partial charge in [-0.3, -0.25) is 9.36 Å². The first-order chi connectivity index (χ1) is 15.5. The highest BCUT2D eigenvalue weighted by Gasteiger charge is 2.20. The summed E-state index contributed by atoms with van der Waals surface area (Å²) in [5.74, 6) is 1.39. The van der Waals surface area contributed by atoms with Gasteiger partial charge in [0, 0.05) is 17.2 Å². The van der Waals surface area contributed by atoms with Crippen molar-refractivity contribution in [3.63, 3.8) is 0 Å². The molecule has 1 amide bonds. The molecule has 1 N–H and O–H groups in total. The monoisotopic (exact) mass is 450 g/mol. The average molecular weight is 451 g/mol. The van der Waals surface area contributed by atoms with Crippen molar-refractivity contribution in [3.8, 4) is 5.69 Å². The predicted molar refractivity (Wildman–Crippen MR) is 121 cm³/mol. The van der Waals surface area contributed by atoms with E-state index in [4.69, 9.17) is 4.42 Å². The van der Waals surface area contributed by atoms with Crippen LogP contribution in [0.2, 0.25) is 0 Å². The number of thioether (sulfide) groups is 1. The predicted octanol–water partition coefficient (Wildman–Crippen LogP) is 5.35. The van der Waals surface area contributed by atoms with Crippen LogP contribution in [-0.4, -0.2) is 20.7 Å². The molecule has 0 fully saturated rings. The standard InChI is InChI=1S/C24H23FN4O2S/c1-16(2)22-27-28-24(29(22)21-12-6-5-11-20(21)25)32-15-17-8-3-4-10-19(17)23(30)26-14-18-9-7-13-31-18/h3-13,16H,14-15H2,1-2H3,(H,26,30). The molecule has 2 heterocycles. The summed E-state index contributed by atoms with van der Waals surface area (Å²) in [5, 5.41) is 12.1. The average Bonchev–Trinajstić information content (AvgIpc) is 3.46. The van der Waals surface area contributed by atoms with Crippen LogP contribution in [0.15, 0.2) is 76.5 Å². The van der Waals surface area contributed by atoms with E-state index in [1.165, 1.54) is 17.8 Å². The van der Waals surface area contributed by atoms with E-state index >= 15 is 0 Å². The number of carbonyl (C=O) groups excluding carboxylic acids is 1. The number of rotatable bonds is 8. The summed E-state index contributed by atoms with van der Waals surface area (Å²) in [5.41, 5.74) is 1.84. The molecule has 0 bridgehead atoms. The van der Waals surface area contributed by atoms with Crippen molar-refractivity contribution in [2.75, 3.05) is 0 Å². The second kappa shape index (κ2) is 9.82. The molecular formula is C24H23FN4O2S. The molecular weight excluding hydrogens is 427 g/mol. The van der Waals surface area contributed by atoms with E-state index in [9.17, 15) is 9.18 Å². The smallest absolute Gasteiger partial charge is 0.251 e. The molecule has 0 unspecified atom stereocenters. The van der Waals surface area contributed by atoms with Crippen LogP contribution >= 0.6 is 11.8 Å². The molecule has 4 aromatic rings. The van der Waals surface area contributed by atoms with Crippen molar-refractivity contribution < 1.29 is 13.6 Å². The molecule has 2 aromatic heterocycles. The van der Waals surface area contributed by atoms with Crippen molar-refractivity contribution in [2.45, 2.75) is 37.2 Å². The third-order valence-electron chi connectivity index (χ3n) is 4.89. The number of halogens is 1. The molecule has 0 aliphatic heterocycles. The molecule has 6 nitrogen and oxygen atoms in total. The molecule has 164 valence electrons. The second-order valence-corrected chi connectivity index (χ2v) is 8.43. The van der Waals surface area contributed by atoms with E-state index < -0.39 is 0 Å². The number of benzene rings is 2. The van der Waals surface area contributed by atoms with Gasteiger partial charge in [0.2, 0.25) is 0 Å². The van der Waals surface area contributed by atoms with Gasteiger partial charge in [-0.15, -0.1) is 10.2 Å². The maximum absolute atomic E-state index is 14.6. The fourth-order valence-electron chi connectivity index (χ4n) is 3.29. The van der Waals surface area contributed by atoms with E-state index in [2.05, 4.69) is 15.5 Å². The van der Waals surface area contributed by atoms with Gasteiger partial charge < -0.3 is 9.73 Å². The first-order valence-corrected chi connectivity index (χ1v) is 11.2. The van der Waals surface area contributed by atoms with Crippen molar-refractivity contribution in [1.29, 1.82) is 0 Å². The van der Waals surface area contributed by atoms with E-state index in [1.807, 2.05) is 38.1 Å². The Morgan fingerprint density at radius 2 is 1.88 bits per heavy atom. The highest BCUT2D eigenvalue weighted by atomic mass is 32.2. The van der Waals surface area contributed by atoms with Gasteiger partial charge in [-0.1, -0.05) is 55.9 Å². The number of para-hydroxylation sites is 1. The molecule has 0 saturated carbocycles. The second-order valence-electron chi connectivity index (χ2n) is 7.49. The quantitative estimate of drug-likeness (QED) is 0.367. The minimum atomic E-state index is -0.339. The molecule has 0 saturated heterocycles. The summed E-state index contributed by atoms with van der Waals surface area (Å²) in [6.45, 7) is 4.30. The fraction of sp³-hybridized carbons (Fsp3) is 0.208. The number of nitrogens with zero attached hydrogens (tertiary/aromatic N) is 3. The maximum Gasteiger partial charge on any atom is 0.251 e. The van der Waals surface area contributed by atoms with E-state index in [0.29, 0.717) is 40.3 Å². The van der Waals surface area contributed by atoms with Gasteiger partial charge in [-0.05, 0) is 35.9 Å². The number of hydrogen-bond acceptors (Lipinski definition) is 5. The minimum Gasteiger partial charge on any atom is -0.467 e. The van der Waals surface area contributed by atoms with E-state index in [1.54, 1.807) is 41.2 Å². The van der Waals surface area contributed by atoms with Crippen molar-refractivity contribution in [3.05, 3.63) is 95.5 Å². The third kappa shape index (κ3) is 4.75. The lowest BCUT2D eigenvalue weighted by Crippen LogP contribution is -2.23. The molecule has 32 heavy (non-hydrogen) atoms. The van der Waals surface area contributed by atoms with Crippen LogP contribution in [0.1, 0.15) is 47.3 Å². The Bertz CT molecular complexity index is 1200. The first kappa shape index (κ1) is 21.8. The van der Waals surface area contributed by atoms with E-state index in [-0.39, 0.29) is 17.6 Å². The van der Waals surface area contributed by atoms with E-state index in [0.717, 1.165) is 5.56 Å². The Hall–Kier alpha value is -3.39. The Kier molecular flexibility index (Phi) is 6.70. The summed E-state index contributed by atoms with van der Waals surface area (Å²) in [4.78, 5) is 12.8. The van der Waals surface area contributed by atoms with Gasteiger partial charge >= 0.3 is 0 Å². The number of furan rings is 1. The fourth-order valence-corrected chi connectivity index (χ4v) is 4.25. The van der Waals surface area contributed by atoms with Gasteiger partial charge in [0.15, 0.2) is 5.16 Å². The number of hydrogen-bond donors (Lipinski definition) is 1. The molecule has 2 aromatic carbocycles. The van der Waals surface area contributed by atoms with Crippen molar-refractivity contribution >= 4 is 17.7 Å². The van der Waals surface area contributed by atoms with Gasteiger partial charge in [0.25, 0.3) is 5.91 Å². The Morgan fingerprint density at radius 1 is 1.09 bits per heavy atom. The van der Waals surface area contributed by atoms with Gasteiger partial charge in [-0.25, -0.2) is 4.39 Å². The van der Waals surface area contributed by atoms with Crippen LogP contribution in [0.5, 0.6) is 0 Å². The lowest BCUT2D eigenvalue weighted by Gasteiger charge is -2.13. The topological polar surface area (TPSA) is 73.0 Å². The largest absolute Gasteiger partial charge is 0.467 e. The Morgan fingerprint density at radius 3 is 2.62 bits per heavy atom. The van der Waals surface area contributed by atoms with Crippen LogP contribution in [0.25, 0.3) is 5.69 Å². The van der Waals surface area contributed by atoms with Crippen LogP contribution in [0.4, 0.5) is 4.39 Å². The molecule has 8 heteroatoms. The first-order valence-electron chi connectivity index (χ1n) is 10.3. The molecule has 0 aliphatic rings. The summed E-state index contributed by atoms with van der Waals surface area (Å²) in [7, 11) is 0. The number of carbonyl (C=O) groups is 1. The number of amides is 1. The minimum absolute atomic E-state index is 0.0659. The van der Waals surface area contributed by atoms with Gasteiger partial charge in [-0.2, -0.15) is 0 Å². The van der Waals surface area contributed by atoms with Crippen LogP contribution in [-0.2, 0) is 12.3 Å². The zero-order valence-corrected chi connectivity index (χ0v) is 18.6. The summed E-state index contributed by atoms with van der Waals surface area (Å²) in [6.07, 6.45) is 1.57. The van der Waals surface area contributed by atoms with Crippen LogP contribution in [0, 0.1) is 5.82 Å². The zero-order chi connectivity index (χ0) is 22.5. The Labute approximate surface area is 189 Å². The van der Waals surface area contributed by atoms with Crippen molar-refractivity contribution in [1.82, 2.24) is 20.1 Å². The molecule has 0 radical (unpaired) electrons. The normalized spacial score (nSPS) is 11.1. The number of aromatic nitrogens is 3. The van der Waals surface area contributed by atoms with Crippen molar-refractivity contribution in [2.24, 2.45) is 0 Å². The number of nitrogens with one attached hydrogen (secondary N) is 1. The molecule has 4 rings (SSSR count). The summed E-state index contributed by atoms with van der Waals surface area (Å²) in [6, 6.07) is 17.6. The molecule has 0 atom stereocenters. The SMILES string of the molecule is CC(C)c1nnc(SCc2ccccc2C(=O)NCc2ccco2)n1-c1ccccc1F. The summed E-state index contributed by atoms with van der Waals surface area (Å²) >= 11 is 1.41. The lowest BCUT2D eigenvalue weighted by atomic mass is 10.1. The van der Waals surface area contributed by atoms with Crippen LogP contribution in [0.3, 0.4) is 0 Å². The molecule has 0 aliphatic carbocycles.